The van der Waals surface area contributed by atoms with Crippen LogP contribution in [-0.2, 0) is 6.54 Å². The summed E-state index contributed by atoms with van der Waals surface area (Å²) in [7, 11) is 0. The number of aromatic nitrogens is 3. The lowest BCUT2D eigenvalue weighted by Crippen LogP contribution is -2.21. The van der Waals surface area contributed by atoms with Gasteiger partial charge in [-0.05, 0) is 17.7 Å². The maximum Gasteiger partial charge on any atom is 0.138 e. The molecule has 5 heteroatoms. The number of rotatable bonds is 5. The zero-order valence-electron chi connectivity index (χ0n) is 9.00. The molecule has 0 aliphatic heterocycles. The maximum atomic E-state index is 5.40. The topological polar surface area (TPSA) is 68.8 Å². The molecule has 0 saturated carbocycles. The molecular weight excluding hydrogens is 202 g/mol. The Morgan fingerprint density at radius 2 is 2.06 bits per heavy atom. The molecule has 0 unspecified atom stereocenters. The Balaban J connectivity index is 2.00. The standard InChI is InChI=1S/C11H15N5/c12-5-6-13-7-10-1-3-11(4-2-10)16-9-14-8-15-16/h1-4,8-9,13H,5-7,12H2. The molecule has 0 aliphatic carbocycles. The van der Waals surface area contributed by atoms with Crippen molar-refractivity contribution in [2.24, 2.45) is 5.73 Å². The first-order chi connectivity index (χ1) is 7.90. The van der Waals surface area contributed by atoms with Gasteiger partial charge in [-0.3, -0.25) is 0 Å². The second kappa shape index (κ2) is 5.39. The van der Waals surface area contributed by atoms with E-state index < -0.39 is 0 Å². The van der Waals surface area contributed by atoms with Crippen LogP contribution in [0.5, 0.6) is 0 Å². The van der Waals surface area contributed by atoms with Crippen LogP contribution in [0.25, 0.3) is 5.69 Å². The van der Waals surface area contributed by atoms with Crippen molar-refractivity contribution < 1.29 is 0 Å². The predicted octanol–water partition coefficient (Wildman–Crippen LogP) is 0.316. The molecule has 0 amide bonds. The highest BCUT2D eigenvalue weighted by Gasteiger charge is 1.96. The van der Waals surface area contributed by atoms with Gasteiger partial charge >= 0.3 is 0 Å². The van der Waals surface area contributed by atoms with Crippen LogP contribution in [0.1, 0.15) is 5.56 Å². The highest BCUT2D eigenvalue weighted by atomic mass is 15.3. The number of benzene rings is 1. The molecule has 0 saturated heterocycles. The zero-order valence-corrected chi connectivity index (χ0v) is 9.00. The van der Waals surface area contributed by atoms with E-state index in [1.165, 1.54) is 11.9 Å². The smallest absolute Gasteiger partial charge is 0.138 e. The number of nitrogens with two attached hydrogens (primary N) is 1. The Morgan fingerprint density at radius 1 is 1.25 bits per heavy atom. The van der Waals surface area contributed by atoms with E-state index >= 15 is 0 Å². The lowest BCUT2D eigenvalue weighted by molar-refractivity contribution is 0.694. The van der Waals surface area contributed by atoms with Crippen LogP contribution in [0.15, 0.2) is 36.9 Å². The van der Waals surface area contributed by atoms with E-state index in [0.717, 1.165) is 18.8 Å². The van der Waals surface area contributed by atoms with Crippen molar-refractivity contribution in [3.63, 3.8) is 0 Å². The summed E-state index contributed by atoms with van der Waals surface area (Å²) < 4.78 is 1.73. The molecule has 0 fully saturated rings. The van der Waals surface area contributed by atoms with E-state index in [9.17, 15) is 0 Å². The van der Waals surface area contributed by atoms with Crippen molar-refractivity contribution >= 4 is 0 Å². The highest BCUT2D eigenvalue weighted by molar-refractivity contribution is 5.33. The third kappa shape index (κ3) is 2.65. The van der Waals surface area contributed by atoms with Crippen molar-refractivity contribution in [1.82, 2.24) is 20.1 Å². The van der Waals surface area contributed by atoms with E-state index in [2.05, 4.69) is 27.5 Å². The molecule has 0 radical (unpaired) electrons. The minimum Gasteiger partial charge on any atom is -0.329 e. The molecule has 1 aromatic heterocycles. The summed E-state index contributed by atoms with van der Waals surface area (Å²) in [5.41, 5.74) is 7.65. The number of hydrogen-bond donors (Lipinski definition) is 2. The van der Waals surface area contributed by atoms with Crippen LogP contribution < -0.4 is 11.1 Å². The highest BCUT2D eigenvalue weighted by Crippen LogP contribution is 2.07. The van der Waals surface area contributed by atoms with Crippen molar-refractivity contribution in [1.29, 1.82) is 0 Å². The first-order valence-electron chi connectivity index (χ1n) is 5.25. The summed E-state index contributed by atoms with van der Waals surface area (Å²) >= 11 is 0. The molecule has 0 bridgehead atoms. The van der Waals surface area contributed by atoms with Gasteiger partial charge in [0.05, 0.1) is 5.69 Å². The largest absolute Gasteiger partial charge is 0.329 e. The summed E-state index contributed by atoms with van der Waals surface area (Å²) in [6, 6.07) is 8.18. The van der Waals surface area contributed by atoms with Crippen molar-refractivity contribution in [3.8, 4) is 5.69 Å². The second-order valence-corrected chi connectivity index (χ2v) is 3.47. The van der Waals surface area contributed by atoms with Gasteiger partial charge in [0.1, 0.15) is 12.7 Å². The summed E-state index contributed by atoms with van der Waals surface area (Å²) in [6.45, 7) is 2.34. The lowest BCUT2D eigenvalue weighted by atomic mass is 10.2. The molecule has 84 valence electrons. The molecule has 0 spiro atoms. The average Bonchev–Trinajstić information content (AvgIpc) is 2.84. The summed E-state index contributed by atoms with van der Waals surface area (Å²) in [5.74, 6) is 0. The van der Waals surface area contributed by atoms with Gasteiger partial charge in [0, 0.05) is 19.6 Å². The minimum atomic E-state index is 0.664. The van der Waals surface area contributed by atoms with Gasteiger partial charge in [-0.2, -0.15) is 5.10 Å². The van der Waals surface area contributed by atoms with Gasteiger partial charge in [0.25, 0.3) is 0 Å². The van der Waals surface area contributed by atoms with Crippen molar-refractivity contribution in [2.75, 3.05) is 13.1 Å². The monoisotopic (exact) mass is 217 g/mol. The zero-order chi connectivity index (χ0) is 11.2. The number of hydrogen-bond acceptors (Lipinski definition) is 4. The molecule has 2 aromatic rings. The number of nitrogens with zero attached hydrogens (tertiary/aromatic N) is 3. The molecule has 1 heterocycles. The molecule has 3 N–H and O–H groups in total. The maximum absolute atomic E-state index is 5.40. The second-order valence-electron chi connectivity index (χ2n) is 3.47. The van der Waals surface area contributed by atoms with Crippen molar-refractivity contribution in [3.05, 3.63) is 42.5 Å². The van der Waals surface area contributed by atoms with Gasteiger partial charge < -0.3 is 11.1 Å². The van der Waals surface area contributed by atoms with Gasteiger partial charge in [-0.15, -0.1) is 0 Å². The Hall–Kier alpha value is -1.72. The van der Waals surface area contributed by atoms with Gasteiger partial charge in [0.2, 0.25) is 0 Å². The van der Waals surface area contributed by atoms with Crippen LogP contribution in [0.2, 0.25) is 0 Å². The summed E-state index contributed by atoms with van der Waals surface area (Å²) in [6.07, 6.45) is 3.21. The summed E-state index contributed by atoms with van der Waals surface area (Å²) in [4.78, 5) is 3.91. The Kier molecular flexibility index (Phi) is 3.63. The molecule has 0 atom stereocenters. The third-order valence-electron chi connectivity index (χ3n) is 2.27. The molecule has 16 heavy (non-hydrogen) atoms. The third-order valence-corrected chi connectivity index (χ3v) is 2.27. The summed E-state index contributed by atoms with van der Waals surface area (Å²) in [5, 5.41) is 7.31. The Labute approximate surface area is 94.3 Å². The quantitative estimate of drug-likeness (QED) is 0.707. The van der Waals surface area contributed by atoms with E-state index in [1.807, 2.05) is 12.1 Å². The molecule has 1 aromatic carbocycles. The van der Waals surface area contributed by atoms with Crippen LogP contribution in [0, 0.1) is 0 Å². The molecular formula is C11H15N5. The minimum absolute atomic E-state index is 0.664. The Bertz CT molecular complexity index is 406. The van der Waals surface area contributed by atoms with Gasteiger partial charge in [-0.25, -0.2) is 9.67 Å². The van der Waals surface area contributed by atoms with E-state index in [0.29, 0.717) is 6.54 Å². The SMILES string of the molecule is NCCNCc1ccc(-n2cncn2)cc1. The van der Waals surface area contributed by atoms with E-state index in [4.69, 9.17) is 5.73 Å². The molecule has 2 rings (SSSR count). The normalized spacial score (nSPS) is 10.6. The average molecular weight is 217 g/mol. The van der Waals surface area contributed by atoms with Crippen LogP contribution in [-0.4, -0.2) is 27.9 Å². The fourth-order valence-electron chi connectivity index (χ4n) is 1.44. The fourth-order valence-corrected chi connectivity index (χ4v) is 1.44. The van der Waals surface area contributed by atoms with E-state index in [1.54, 1.807) is 11.0 Å². The first-order valence-corrected chi connectivity index (χ1v) is 5.25. The molecule has 5 nitrogen and oxygen atoms in total. The number of nitrogens with one attached hydrogen (secondary N) is 1. The molecule has 0 aliphatic rings. The van der Waals surface area contributed by atoms with Crippen LogP contribution in [0.3, 0.4) is 0 Å². The first kappa shape index (κ1) is 10.8. The lowest BCUT2D eigenvalue weighted by Gasteiger charge is -2.04. The van der Waals surface area contributed by atoms with E-state index in [-0.39, 0.29) is 0 Å². The van der Waals surface area contributed by atoms with Crippen LogP contribution >= 0.6 is 0 Å². The van der Waals surface area contributed by atoms with Gasteiger partial charge in [-0.1, -0.05) is 12.1 Å². The van der Waals surface area contributed by atoms with Crippen LogP contribution in [0.4, 0.5) is 0 Å². The fraction of sp³-hybridized carbons (Fsp3) is 0.273. The van der Waals surface area contributed by atoms with Gasteiger partial charge in [0.15, 0.2) is 0 Å². The van der Waals surface area contributed by atoms with Crippen molar-refractivity contribution in [2.45, 2.75) is 6.54 Å². The Morgan fingerprint density at radius 3 is 2.69 bits per heavy atom. The predicted molar refractivity (Wildman–Crippen MR) is 62.1 cm³/mol.